The number of anilines is 2. The van der Waals surface area contributed by atoms with Gasteiger partial charge in [0.1, 0.15) is 35.5 Å². The van der Waals surface area contributed by atoms with Crippen LogP contribution >= 0.6 is 0 Å². The molecule has 0 unspecified atom stereocenters. The molecule has 5 aromatic rings. The summed E-state index contributed by atoms with van der Waals surface area (Å²) in [6.07, 6.45) is 0.0140. The van der Waals surface area contributed by atoms with Crippen LogP contribution in [0, 0.1) is 0 Å². The second-order valence-electron chi connectivity index (χ2n) is 14.1. The van der Waals surface area contributed by atoms with Crippen molar-refractivity contribution in [3.63, 3.8) is 0 Å². The van der Waals surface area contributed by atoms with Gasteiger partial charge in [-0.1, -0.05) is 60.7 Å². The number of carbonyl (C=O) groups is 6. The lowest BCUT2D eigenvalue weighted by atomic mass is 10.0. The van der Waals surface area contributed by atoms with Crippen molar-refractivity contribution in [2.75, 3.05) is 30.8 Å². The summed E-state index contributed by atoms with van der Waals surface area (Å²) < 4.78 is 10.9. The number of fused-ring (bicyclic) bond motifs is 1. The smallest absolute Gasteiger partial charge is 0.407 e. The first kappa shape index (κ1) is 39.1. The zero-order chi connectivity index (χ0) is 40.8. The number of ether oxygens (including phenoxy) is 1. The van der Waals surface area contributed by atoms with E-state index < -0.39 is 48.2 Å². The van der Waals surface area contributed by atoms with E-state index in [1.807, 2.05) is 6.07 Å². The molecule has 15 nitrogen and oxygen atoms in total. The van der Waals surface area contributed by atoms with Crippen LogP contribution in [-0.2, 0) is 23.9 Å². The van der Waals surface area contributed by atoms with Crippen LogP contribution in [0.3, 0.4) is 0 Å². The summed E-state index contributed by atoms with van der Waals surface area (Å²) in [4.78, 5) is 80.9. The Kier molecular flexibility index (Phi) is 11.7. The fourth-order valence-electron chi connectivity index (χ4n) is 7.54. The lowest BCUT2D eigenvalue weighted by Gasteiger charge is -2.28. The molecule has 298 valence electrons. The van der Waals surface area contributed by atoms with Crippen molar-refractivity contribution in [3.05, 3.63) is 120 Å². The average molecular weight is 787 g/mol. The lowest BCUT2D eigenvalue weighted by molar-refractivity contribution is -0.138. The van der Waals surface area contributed by atoms with E-state index in [9.17, 15) is 33.9 Å². The molecule has 2 fully saturated rings. The quantitative estimate of drug-likeness (QED) is 0.106. The van der Waals surface area contributed by atoms with E-state index in [1.54, 1.807) is 103 Å². The van der Waals surface area contributed by atoms with Gasteiger partial charge >= 0.3 is 12.2 Å². The summed E-state index contributed by atoms with van der Waals surface area (Å²) in [6, 6.07) is 27.8. The minimum absolute atomic E-state index is 0.321. The van der Waals surface area contributed by atoms with Crippen molar-refractivity contribution in [2.24, 2.45) is 0 Å². The van der Waals surface area contributed by atoms with Gasteiger partial charge < -0.3 is 45.3 Å². The van der Waals surface area contributed by atoms with Crippen molar-refractivity contribution in [2.45, 2.75) is 49.9 Å². The maximum atomic E-state index is 13.8. The molecular weight excluding hydrogens is 745 g/mol. The number of furan rings is 1. The number of likely N-dealkylation sites (tertiary alicyclic amines) is 2. The standard InChI is InChI=1S/C43H42N6O9/c1-57-43(56)47-37(28-12-6-3-7-13-28)41(53)49-23-9-15-33(49)39(51)45-31-20-21-34-29(24-31)25-35(58-34)26-16-18-30(19-17-26)44-38(50)32-14-8-22-48(32)40(52)36(46-42(54)55)27-10-4-2-5-11-27/h2-7,10-13,16-21,24-25,32-33,36-37,46H,8-9,14-15,22-23H2,1H3,(H,44,50)(H,45,51)(H,47,56)(H,54,55)/t32-,33-,36+,37+/m0/s1. The average Bonchev–Trinajstić information content (AvgIpc) is 4.03. The van der Waals surface area contributed by atoms with Crippen LogP contribution in [0.1, 0.15) is 48.9 Å². The van der Waals surface area contributed by atoms with Crippen LogP contribution in [0.2, 0.25) is 0 Å². The number of rotatable bonds is 11. The van der Waals surface area contributed by atoms with Crippen molar-refractivity contribution in [1.29, 1.82) is 0 Å². The number of alkyl carbamates (subject to hydrolysis) is 1. The molecule has 6 amide bonds. The first-order valence-corrected chi connectivity index (χ1v) is 18.9. The fraction of sp³-hybridized carbons (Fsp3) is 0.256. The number of methoxy groups -OCH3 is 1. The third-order valence-electron chi connectivity index (χ3n) is 10.4. The number of hydrogen-bond donors (Lipinski definition) is 5. The number of carboxylic acid groups (broad SMARTS) is 1. The van der Waals surface area contributed by atoms with Gasteiger partial charge in [0.15, 0.2) is 0 Å². The topological polar surface area (TPSA) is 200 Å². The fourth-order valence-corrected chi connectivity index (χ4v) is 7.54. The van der Waals surface area contributed by atoms with Gasteiger partial charge in [0.05, 0.1) is 7.11 Å². The summed E-state index contributed by atoms with van der Waals surface area (Å²) in [5.41, 5.74) is 3.39. The Balaban J connectivity index is 0.992. The zero-order valence-electron chi connectivity index (χ0n) is 31.6. The van der Waals surface area contributed by atoms with E-state index in [0.29, 0.717) is 72.6 Å². The maximum absolute atomic E-state index is 13.8. The Morgan fingerprint density at radius 3 is 1.72 bits per heavy atom. The van der Waals surface area contributed by atoms with E-state index in [2.05, 4.69) is 21.3 Å². The minimum Gasteiger partial charge on any atom is -0.465 e. The van der Waals surface area contributed by atoms with Crippen LogP contribution in [0.4, 0.5) is 21.0 Å². The lowest BCUT2D eigenvalue weighted by Crippen LogP contribution is -2.48. The molecule has 15 heteroatoms. The molecule has 1 aromatic heterocycles. The Bertz CT molecular complexity index is 2320. The number of nitrogens with zero attached hydrogens (tertiary/aromatic N) is 2. The third kappa shape index (κ3) is 8.63. The van der Waals surface area contributed by atoms with Gasteiger partial charge in [-0.25, -0.2) is 9.59 Å². The SMILES string of the molecule is COC(=O)N[C@@H](C(=O)N1CCC[C@H]1C(=O)Nc1ccc2oc(-c3ccc(NC(=O)[C@@H]4CCCN4C(=O)[C@H](NC(=O)O)c4ccccc4)cc3)cc2c1)c1ccccc1. The molecule has 3 heterocycles. The van der Waals surface area contributed by atoms with Crippen molar-refractivity contribution in [3.8, 4) is 11.3 Å². The minimum atomic E-state index is -1.34. The molecule has 0 aliphatic carbocycles. The highest BCUT2D eigenvalue weighted by atomic mass is 16.5. The number of amides is 6. The van der Waals surface area contributed by atoms with Crippen LogP contribution in [0.25, 0.3) is 22.3 Å². The molecular formula is C43H42N6O9. The predicted molar refractivity (Wildman–Crippen MR) is 213 cm³/mol. The predicted octanol–water partition coefficient (Wildman–Crippen LogP) is 6.07. The van der Waals surface area contributed by atoms with E-state index in [4.69, 9.17) is 9.15 Å². The summed E-state index contributed by atoms with van der Waals surface area (Å²) >= 11 is 0. The van der Waals surface area contributed by atoms with Crippen LogP contribution in [0.5, 0.6) is 0 Å². The highest BCUT2D eigenvalue weighted by Gasteiger charge is 2.40. The monoisotopic (exact) mass is 786 g/mol. The van der Waals surface area contributed by atoms with Crippen LogP contribution in [-0.4, -0.2) is 83.0 Å². The Labute approximate surface area is 333 Å². The molecule has 0 radical (unpaired) electrons. The van der Waals surface area contributed by atoms with Crippen molar-refractivity contribution >= 4 is 58.2 Å². The molecule has 0 bridgehead atoms. The van der Waals surface area contributed by atoms with Crippen LogP contribution < -0.4 is 21.3 Å². The Hall–Kier alpha value is -7.16. The van der Waals surface area contributed by atoms with Gasteiger partial charge in [-0.3, -0.25) is 19.2 Å². The molecule has 4 aromatic carbocycles. The summed E-state index contributed by atoms with van der Waals surface area (Å²) in [6.45, 7) is 0.678. The van der Waals surface area contributed by atoms with Gasteiger partial charge in [-0.15, -0.1) is 0 Å². The number of carbonyl (C=O) groups excluding carboxylic acids is 5. The Morgan fingerprint density at radius 1 is 0.672 bits per heavy atom. The first-order chi connectivity index (χ1) is 28.1. The highest BCUT2D eigenvalue weighted by molar-refractivity contribution is 6.01. The summed E-state index contributed by atoms with van der Waals surface area (Å²) in [5, 5.41) is 20.9. The van der Waals surface area contributed by atoms with Crippen molar-refractivity contribution in [1.82, 2.24) is 20.4 Å². The second-order valence-corrected chi connectivity index (χ2v) is 14.1. The van der Waals surface area contributed by atoms with Gasteiger partial charge in [0.2, 0.25) is 11.8 Å². The summed E-state index contributed by atoms with van der Waals surface area (Å²) in [7, 11) is 1.22. The molecule has 58 heavy (non-hydrogen) atoms. The molecule has 2 aliphatic rings. The number of hydrogen-bond acceptors (Lipinski definition) is 8. The van der Waals surface area contributed by atoms with Crippen LogP contribution in [0.15, 0.2) is 114 Å². The maximum Gasteiger partial charge on any atom is 0.407 e. The molecule has 7 rings (SSSR count). The largest absolute Gasteiger partial charge is 0.465 e. The Morgan fingerprint density at radius 2 is 1.19 bits per heavy atom. The zero-order valence-corrected chi connectivity index (χ0v) is 31.6. The second kappa shape index (κ2) is 17.3. The van der Waals surface area contributed by atoms with Crippen molar-refractivity contribution < 1.29 is 43.0 Å². The van der Waals surface area contributed by atoms with Gasteiger partial charge in [-0.2, -0.15) is 0 Å². The molecule has 2 aliphatic heterocycles. The molecule has 0 saturated carbocycles. The van der Waals surface area contributed by atoms with Gasteiger partial charge in [0, 0.05) is 35.4 Å². The first-order valence-electron chi connectivity index (χ1n) is 18.9. The normalized spacial score (nSPS) is 17.3. The number of benzene rings is 4. The molecule has 0 spiro atoms. The van der Waals surface area contributed by atoms with E-state index in [1.165, 1.54) is 16.9 Å². The van der Waals surface area contributed by atoms with Gasteiger partial charge in [-0.05, 0) is 85.3 Å². The van der Waals surface area contributed by atoms with E-state index >= 15 is 0 Å². The molecule has 2 saturated heterocycles. The van der Waals surface area contributed by atoms with Gasteiger partial charge in [0.25, 0.3) is 11.8 Å². The molecule has 5 N–H and O–H groups in total. The highest BCUT2D eigenvalue weighted by Crippen LogP contribution is 2.32. The number of nitrogens with one attached hydrogen (secondary N) is 4. The summed E-state index contributed by atoms with van der Waals surface area (Å²) in [5.74, 6) is -1.08. The van der Waals surface area contributed by atoms with E-state index in [-0.39, 0.29) is 11.8 Å². The third-order valence-corrected chi connectivity index (χ3v) is 10.4. The molecule has 4 atom stereocenters. The van der Waals surface area contributed by atoms with E-state index in [0.717, 1.165) is 10.9 Å².